The molecule has 1 fully saturated rings. The second-order valence-electron chi connectivity index (χ2n) is 4.60. The summed E-state index contributed by atoms with van der Waals surface area (Å²) in [7, 11) is 1.70. The number of aryl methyl sites for hydroxylation is 2. The largest absolute Gasteiger partial charge is 0.496 e. The van der Waals surface area contributed by atoms with Gasteiger partial charge in [0.25, 0.3) is 0 Å². The van der Waals surface area contributed by atoms with Crippen molar-refractivity contribution >= 4 is 0 Å². The highest BCUT2D eigenvalue weighted by molar-refractivity contribution is 5.50. The fraction of sp³-hybridized carbons (Fsp3) is 0.538. The zero-order chi connectivity index (χ0) is 11.1. The predicted molar refractivity (Wildman–Crippen MR) is 60.5 cm³/mol. The minimum Gasteiger partial charge on any atom is -0.496 e. The summed E-state index contributed by atoms with van der Waals surface area (Å²) in [4.78, 5) is 0. The molecule has 0 unspecified atom stereocenters. The van der Waals surface area contributed by atoms with Crippen LogP contribution in [0.3, 0.4) is 0 Å². The first kappa shape index (κ1) is 10.5. The van der Waals surface area contributed by atoms with E-state index in [1.165, 1.54) is 11.1 Å². The zero-order valence-corrected chi connectivity index (χ0v) is 9.63. The van der Waals surface area contributed by atoms with Gasteiger partial charge in [0.05, 0.1) is 13.7 Å². The number of rotatable bonds is 3. The molecule has 0 aliphatic heterocycles. The number of benzene rings is 1. The van der Waals surface area contributed by atoms with E-state index in [4.69, 9.17) is 4.74 Å². The fourth-order valence-corrected chi connectivity index (χ4v) is 2.28. The van der Waals surface area contributed by atoms with Gasteiger partial charge >= 0.3 is 0 Å². The Kier molecular flexibility index (Phi) is 2.47. The number of methoxy groups -OCH3 is 1. The molecule has 0 saturated heterocycles. The molecule has 0 aromatic heterocycles. The Balaban J connectivity index is 2.54. The lowest BCUT2D eigenvalue weighted by Gasteiger charge is -2.19. The highest BCUT2D eigenvalue weighted by Crippen LogP contribution is 2.51. The Hall–Kier alpha value is -1.02. The van der Waals surface area contributed by atoms with E-state index in [2.05, 4.69) is 26.0 Å². The molecule has 1 aliphatic rings. The molecule has 1 aromatic carbocycles. The van der Waals surface area contributed by atoms with Gasteiger partial charge < -0.3 is 9.84 Å². The van der Waals surface area contributed by atoms with Crippen LogP contribution in [0.15, 0.2) is 12.1 Å². The summed E-state index contributed by atoms with van der Waals surface area (Å²) < 4.78 is 5.45. The first-order chi connectivity index (χ1) is 7.13. The van der Waals surface area contributed by atoms with Gasteiger partial charge in [-0.15, -0.1) is 0 Å². The third-order valence-electron chi connectivity index (χ3n) is 3.35. The fourth-order valence-electron chi connectivity index (χ4n) is 2.28. The van der Waals surface area contributed by atoms with Gasteiger partial charge in [-0.1, -0.05) is 17.7 Å². The lowest BCUT2D eigenvalue weighted by molar-refractivity contribution is 0.251. The van der Waals surface area contributed by atoms with Gasteiger partial charge in [0.2, 0.25) is 0 Å². The number of ether oxygens (including phenoxy) is 1. The molecule has 1 aliphatic carbocycles. The van der Waals surface area contributed by atoms with Crippen LogP contribution in [-0.4, -0.2) is 18.8 Å². The van der Waals surface area contributed by atoms with E-state index < -0.39 is 0 Å². The van der Waals surface area contributed by atoms with Gasteiger partial charge in [-0.2, -0.15) is 0 Å². The molecule has 0 bridgehead atoms. The molecule has 0 spiro atoms. The average Bonchev–Trinajstić information content (AvgIpc) is 2.97. The summed E-state index contributed by atoms with van der Waals surface area (Å²) in [5, 5.41) is 9.46. The van der Waals surface area contributed by atoms with E-state index in [9.17, 15) is 5.11 Å². The van der Waals surface area contributed by atoms with Crippen LogP contribution in [0.1, 0.15) is 29.5 Å². The van der Waals surface area contributed by atoms with Gasteiger partial charge in [-0.25, -0.2) is 0 Å². The van der Waals surface area contributed by atoms with Crippen LogP contribution in [0.5, 0.6) is 5.75 Å². The first-order valence-electron chi connectivity index (χ1n) is 5.39. The Morgan fingerprint density at radius 1 is 1.33 bits per heavy atom. The number of hydrogen-bond donors (Lipinski definition) is 1. The monoisotopic (exact) mass is 206 g/mol. The SMILES string of the molecule is COc1c(C)cc(C)cc1C1(CO)CC1. The summed E-state index contributed by atoms with van der Waals surface area (Å²) in [5.74, 6) is 0.951. The van der Waals surface area contributed by atoms with Crippen LogP contribution in [0.2, 0.25) is 0 Å². The molecule has 2 rings (SSSR count). The summed E-state index contributed by atoms with van der Waals surface area (Å²) >= 11 is 0. The van der Waals surface area contributed by atoms with E-state index in [1.54, 1.807) is 7.11 Å². The minimum atomic E-state index is -0.0118. The first-order valence-corrected chi connectivity index (χ1v) is 5.39. The number of hydrogen-bond acceptors (Lipinski definition) is 2. The molecule has 2 nitrogen and oxygen atoms in total. The average molecular weight is 206 g/mol. The van der Waals surface area contributed by atoms with Crippen molar-refractivity contribution in [1.82, 2.24) is 0 Å². The maximum Gasteiger partial charge on any atom is 0.125 e. The van der Waals surface area contributed by atoms with Crippen molar-refractivity contribution in [1.29, 1.82) is 0 Å². The topological polar surface area (TPSA) is 29.5 Å². The maximum atomic E-state index is 9.46. The molecule has 0 amide bonds. The number of aliphatic hydroxyl groups is 1. The van der Waals surface area contributed by atoms with Gasteiger partial charge in [0, 0.05) is 11.0 Å². The summed E-state index contributed by atoms with van der Waals surface area (Å²) in [6, 6.07) is 4.27. The molecule has 1 saturated carbocycles. The molecular weight excluding hydrogens is 188 g/mol. The highest BCUT2D eigenvalue weighted by atomic mass is 16.5. The lowest BCUT2D eigenvalue weighted by atomic mass is 9.92. The predicted octanol–water partition coefficient (Wildman–Crippen LogP) is 2.34. The van der Waals surface area contributed by atoms with Crippen molar-refractivity contribution in [3.63, 3.8) is 0 Å². The highest BCUT2D eigenvalue weighted by Gasteiger charge is 2.45. The Bertz CT molecular complexity index is 378. The van der Waals surface area contributed by atoms with E-state index in [0.29, 0.717) is 0 Å². The Morgan fingerprint density at radius 3 is 2.47 bits per heavy atom. The zero-order valence-electron chi connectivity index (χ0n) is 9.63. The van der Waals surface area contributed by atoms with E-state index >= 15 is 0 Å². The van der Waals surface area contributed by atoms with Crippen molar-refractivity contribution in [2.75, 3.05) is 13.7 Å². The van der Waals surface area contributed by atoms with Gasteiger partial charge in [-0.3, -0.25) is 0 Å². The lowest BCUT2D eigenvalue weighted by Crippen LogP contribution is -2.14. The van der Waals surface area contributed by atoms with Crippen LogP contribution >= 0.6 is 0 Å². The molecule has 2 heteroatoms. The molecule has 0 heterocycles. The third-order valence-corrected chi connectivity index (χ3v) is 3.35. The van der Waals surface area contributed by atoms with Crippen LogP contribution in [0.25, 0.3) is 0 Å². The smallest absolute Gasteiger partial charge is 0.125 e. The second kappa shape index (κ2) is 3.53. The minimum absolute atomic E-state index is 0.0118. The third kappa shape index (κ3) is 1.63. The summed E-state index contributed by atoms with van der Waals surface area (Å²) in [5.41, 5.74) is 3.57. The molecule has 1 aromatic rings. The van der Waals surface area contributed by atoms with Crippen molar-refractivity contribution in [2.45, 2.75) is 32.1 Å². The van der Waals surface area contributed by atoms with E-state index in [0.717, 1.165) is 24.2 Å². The van der Waals surface area contributed by atoms with Gasteiger partial charge in [-0.05, 0) is 32.3 Å². The van der Waals surface area contributed by atoms with Gasteiger partial charge in [0.1, 0.15) is 5.75 Å². The molecular formula is C13H18O2. The quantitative estimate of drug-likeness (QED) is 0.822. The standard InChI is InChI=1S/C13H18O2/c1-9-6-10(2)12(15-3)11(7-9)13(8-14)4-5-13/h6-7,14H,4-5,8H2,1-3H3. The van der Waals surface area contributed by atoms with E-state index in [1.807, 2.05) is 0 Å². The summed E-state index contributed by atoms with van der Waals surface area (Å²) in [6.45, 7) is 4.37. The maximum absolute atomic E-state index is 9.46. The molecule has 0 atom stereocenters. The Morgan fingerprint density at radius 2 is 2.00 bits per heavy atom. The van der Waals surface area contributed by atoms with Crippen LogP contribution in [-0.2, 0) is 5.41 Å². The van der Waals surface area contributed by atoms with Crippen molar-refractivity contribution < 1.29 is 9.84 Å². The molecule has 0 radical (unpaired) electrons. The van der Waals surface area contributed by atoms with Crippen LogP contribution in [0.4, 0.5) is 0 Å². The van der Waals surface area contributed by atoms with Crippen molar-refractivity contribution in [3.8, 4) is 5.75 Å². The molecule has 82 valence electrons. The molecule has 15 heavy (non-hydrogen) atoms. The van der Waals surface area contributed by atoms with E-state index in [-0.39, 0.29) is 12.0 Å². The Labute approximate surface area is 90.9 Å². The van der Waals surface area contributed by atoms with Crippen molar-refractivity contribution in [2.24, 2.45) is 0 Å². The second-order valence-corrected chi connectivity index (χ2v) is 4.60. The van der Waals surface area contributed by atoms with Gasteiger partial charge in [0.15, 0.2) is 0 Å². The molecule has 1 N–H and O–H groups in total. The van der Waals surface area contributed by atoms with Crippen LogP contribution in [0, 0.1) is 13.8 Å². The summed E-state index contributed by atoms with van der Waals surface area (Å²) in [6.07, 6.45) is 2.14. The number of aliphatic hydroxyl groups excluding tert-OH is 1. The normalized spacial score (nSPS) is 17.6. The van der Waals surface area contributed by atoms with Crippen LogP contribution < -0.4 is 4.74 Å². The van der Waals surface area contributed by atoms with Crippen molar-refractivity contribution in [3.05, 3.63) is 28.8 Å².